The van der Waals surface area contributed by atoms with E-state index in [0.717, 1.165) is 5.38 Å². The standard InChI is InChI=1S/C14H10F3N3O4S/c15-14(16,17)13(24)5-8(7-3-1-2-4-10(7)21)19-20(13)12-18-9(6-25-12)11(22)23/h1-4,6,21,24H,5H2,(H,22,23)/t13-/m0/s1. The van der Waals surface area contributed by atoms with Gasteiger partial charge in [0.05, 0.1) is 12.1 Å². The Morgan fingerprint density at radius 1 is 1.32 bits per heavy atom. The molecule has 1 aliphatic heterocycles. The van der Waals surface area contributed by atoms with Crippen molar-refractivity contribution in [2.24, 2.45) is 5.10 Å². The van der Waals surface area contributed by atoms with Crippen LogP contribution in [0, 0.1) is 0 Å². The van der Waals surface area contributed by atoms with Gasteiger partial charge in [0.2, 0.25) is 5.13 Å². The highest BCUT2D eigenvalue weighted by Gasteiger charge is 2.62. The summed E-state index contributed by atoms with van der Waals surface area (Å²) in [5.74, 6) is -1.71. The van der Waals surface area contributed by atoms with E-state index in [4.69, 9.17) is 5.11 Å². The summed E-state index contributed by atoms with van der Waals surface area (Å²) in [5, 5.41) is 33.5. The van der Waals surface area contributed by atoms with Gasteiger partial charge in [0.1, 0.15) is 5.75 Å². The first kappa shape index (κ1) is 17.2. The lowest BCUT2D eigenvalue weighted by Crippen LogP contribution is -2.55. The minimum atomic E-state index is -5.10. The lowest BCUT2D eigenvalue weighted by atomic mass is 10.0. The third-order valence-corrected chi connectivity index (χ3v) is 4.36. The van der Waals surface area contributed by atoms with E-state index in [1.165, 1.54) is 24.3 Å². The Hall–Kier alpha value is -2.66. The van der Waals surface area contributed by atoms with Gasteiger partial charge in [-0.1, -0.05) is 12.1 Å². The van der Waals surface area contributed by atoms with Crippen LogP contribution < -0.4 is 5.01 Å². The van der Waals surface area contributed by atoms with E-state index >= 15 is 0 Å². The molecule has 0 amide bonds. The van der Waals surface area contributed by atoms with Crippen molar-refractivity contribution in [1.82, 2.24) is 4.98 Å². The molecule has 2 aromatic rings. The van der Waals surface area contributed by atoms with Gasteiger partial charge in [-0.05, 0) is 12.1 Å². The van der Waals surface area contributed by atoms with Gasteiger partial charge in [0, 0.05) is 10.9 Å². The molecule has 7 nitrogen and oxygen atoms in total. The van der Waals surface area contributed by atoms with Gasteiger partial charge in [-0.3, -0.25) is 0 Å². The fraction of sp³-hybridized carbons (Fsp3) is 0.214. The zero-order chi connectivity index (χ0) is 18.4. The average Bonchev–Trinajstić information content (AvgIpc) is 3.12. The number of para-hydroxylation sites is 1. The second-order valence-electron chi connectivity index (χ2n) is 5.19. The fourth-order valence-corrected chi connectivity index (χ4v) is 3.11. The molecule has 0 spiro atoms. The van der Waals surface area contributed by atoms with Crippen molar-refractivity contribution < 1.29 is 33.3 Å². The Labute approximate surface area is 142 Å². The molecule has 3 rings (SSSR count). The highest BCUT2D eigenvalue weighted by Crippen LogP contribution is 2.45. The minimum absolute atomic E-state index is 0.0303. The molecule has 25 heavy (non-hydrogen) atoms. The van der Waals surface area contributed by atoms with Gasteiger partial charge in [-0.25, -0.2) is 9.78 Å². The number of aromatic hydroxyl groups is 1. The number of carboxylic acid groups (broad SMARTS) is 1. The summed E-state index contributed by atoms with van der Waals surface area (Å²) in [6.07, 6.45) is -6.05. The first-order valence-corrected chi connectivity index (χ1v) is 7.65. The summed E-state index contributed by atoms with van der Waals surface area (Å²) in [6.45, 7) is 0. The molecule has 0 aliphatic carbocycles. The number of halogens is 3. The molecule has 0 unspecified atom stereocenters. The largest absolute Gasteiger partial charge is 0.507 e. The molecule has 0 radical (unpaired) electrons. The minimum Gasteiger partial charge on any atom is -0.507 e. The van der Waals surface area contributed by atoms with Crippen LogP contribution in [0.25, 0.3) is 0 Å². The van der Waals surface area contributed by atoms with Crippen molar-refractivity contribution in [3.8, 4) is 5.75 Å². The van der Waals surface area contributed by atoms with Gasteiger partial charge in [0.15, 0.2) is 5.69 Å². The number of aromatic nitrogens is 1. The summed E-state index contributed by atoms with van der Waals surface area (Å²) in [7, 11) is 0. The van der Waals surface area contributed by atoms with E-state index in [2.05, 4.69) is 10.1 Å². The molecular formula is C14H10F3N3O4S. The molecule has 132 valence electrons. The number of hydrazone groups is 1. The van der Waals surface area contributed by atoms with Crippen LogP contribution in [-0.4, -0.2) is 43.9 Å². The zero-order valence-corrected chi connectivity index (χ0v) is 13.0. The number of anilines is 1. The number of hydrogen-bond donors (Lipinski definition) is 3. The lowest BCUT2D eigenvalue weighted by Gasteiger charge is -2.32. The van der Waals surface area contributed by atoms with Crippen molar-refractivity contribution in [1.29, 1.82) is 0 Å². The van der Waals surface area contributed by atoms with Crippen molar-refractivity contribution in [2.75, 3.05) is 5.01 Å². The number of benzene rings is 1. The SMILES string of the molecule is O=C(O)c1csc(N2N=C(c3ccccc3O)C[C@]2(O)C(F)(F)F)n1. The van der Waals surface area contributed by atoms with Crippen LogP contribution in [0.3, 0.4) is 0 Å². The van der Waals surface area contributed by atoms with Gasteiger partial charge < -0.3 is 15.3 Å². The summed E-state index contributed by atoms with van der Waals surface area (Å²) >= 11 is 0.599. The maximum absolute atomic E-state index is 13.5. The van der Waals surface area contributed by atoms with Crippen LogP contribution >= 0.6 is 11.3 Å². The lowest BCUT2D eigenvalue weighted by molar-refractivity contribution is -0.254. The number of hydrogen-bond acceptors (Lipinski definition) is 7. The van der Waals surface area contributed by atoms with Crippen molar-refractivity contribution in [2.45, 2.75) is 18.3 Å². The Balaban J connectivity index is 2.10. The molecule has 3 N–H and O–H groups in total. The Morgan fingerprint density at radius 2 is 2.00 bits per heavy atom. The molecule has 0 saturated heterocycles. The second-order valence-corrected chi connectivity index (χ2v) is 6.02. The normalized spacial score (nSPS) is 20.6. The Morgan fingerprint density at radius 3 is 2.56 bits per heavy atom. The number of phenols is 1. The molecular weight excluding hydrogens is 363 g/mol. The molecule has 1 aromatic heterocycles. The third kappa shape index (κ3) is 2.81. The number of phenolic OH excluding ortho intramolecular Hbond substituents is 1. The second kappa shape index (κ2) is 5.70. The van der Waals surface area contributed by atoms with E-state index in [0.29, 0.717) is 11.3 Å². The van der Waals surface area contributed by atoms with Crippen molar-refractivity contribution in [3.63, 3.8) is 0 Å². The molecule has 1 aliphatic rings. The topological polar surface area (TPSA) is 106 Å². The average molecular weight is 373 g/mol. The maximum Gasteiger partial charge on any atom is 0.438 e. The Bertz CT molecular complexity index is 867. The van der Waals surface area contributed by atoms with E-state index in [9.17, 15) is 28.2 Å². The van der Waals surface area contributed by atoms with Crippen LogP contribution in [0.15, 0.2) is 34.7 Å². The molecule has 2 heterocycles. The molecule has 0 bridgehead atoms. The monoisotopic (exact) mass is 373 g/mol. The number of aliphatic hydroxyl groups is 1. The molecule has 0 saturated carbocycles. The highest BCUT2D eigenvalue weighted by atomic mass is 32.1. The van der Waals surface area contributed by atoms with Crippen molar-refractivity contribution >= 4 is 28.1 Å². The maximum atomic E-state index is 13.5. The number of carbonyl (C=O) groups is 1. The number of thiazole rings is 1. The van der Waals surface area contributed by atoms with E-state index in [1.54, 1.807) is 0 Å². The third-order valence-electron chi connectivity index (χ3n) is 3.55. The first-order valence-electron chi connectivity index (χ1n) is 6.77. The Kier molecular flexibility index (Phi) is 3.92. The highest BCUT2D eigenvalue weighted by molar-refractivity contribution is 7.14. The van der Waals surface area contributed by atoms with Crippen LogP contribution in [0.2, 0.25) is 0 Å². The number of alkyl halides is 3. The van der Waals surface area contributed by atoms with Gasteiger partial charge in [0.25, 0.3) is 5.72 Å². The molecule has 1 aromatic carbocycles. The quantitative estimate of drug-likeness (QED) is 0.763. The van der Waals surface area contributed by atoms with Gasteiger partial charge in [-0.2, -0.15) is 23.3 Å². The van der Waals surface area contributed by atoms with Crippen LogP contribution in [0.4, 0.5) is 18.3 Å². The smallest absolute Gasteiger partial charge is 0.438 e. The fourth-order valence-electron chi connectivity index (χ4n) is 2.29. The number of aromatic carboxylic acids is 1. The van der Waals surface area contributed by atoms with Gasteiger partial charge >= 0.3 is 12.1 Å². The van der Waals surface area contributed by atoms with Crippen LogP contribution in [-0.2, 0) is 0 Å². The van der Waals surface area contributed by atoms with Gasteiger partial charge in [-0.15, -0.1) is 11.3 Å². The number of nitrogens with zero attached hydrogens (tertiary/aromatic N) is 3. The molecule has 0 fully saturated rings. The van der Waals surface area contributed by atoms with Crippen LogP contribution in [0.1, 0.15) is 22.5 Å². The van der Waals surface area contributed by atoms with E-state index in [-0.39, 0.29) is 22.0 Å². The summed E-state index contributed by atoms with van der Waals surface area (Å²) in [6, 6.07) is 5.62. The number of carboxylic acids is 1. The molecule has 1 atom stereocenters. The zero-order valence-electron chi connectivity index (χ0n) is 12.2. The van der Waals surface area contributed by atoms with E-state index < -0.39 is 35.1 Å². The number of rotatable bonds is 3. The summed E-state index contributed by atoms with van der Waals surface area (Å²) < 4.78 is 40.4. The summed E-state index contributed by atoms with van der Waals surface area (Å²) in [5.41, 5.74) is -4.04. The van der Waals surface area contributed by atoms with Crippen LogP contribution in [0.5, 0.6) is 5.75 Å². The first-order chi connectivity index (χ1) is 11.6. The summed E-state index contributed by atoms with van der Waals surface area (Å²) in [4.78, 5) is 14.5. The molecule has 11 heteroatoms. The predicted molar refractivity (Wildman–Crippen MR) is 81.8 cm³/mol. The predicted octanol–water partition coefficient (Wildman–Crippen LogP) is 2.41. The van der Waals surface area contributed by atoms with Crippen molar-refractivity contribution in [3.05, 3.63) is 40.9 Å². The van der Waals surface area contributed by atoms with E-state index in [1.807, 2.05) is 0 Å².